The monoisotopic (exact) mass is 387 g/mol. The van der Waals surface area contributed by atoms with E-state index in [4.69, 9.17) is 4.74 Å². The zero-order chi connectivity index (χ0) is 13.7. The van der Waals surface area contributed by atoms with E-state index in [0.29, 0.717) is 5.75 Å². The molecule has 1 aromatic heterocycles. The Hall–Kier alpha value is -1.08. The van der Waals surface area contributed by atoms with Crippen LogP contribution in [0.25, 0.3) is 0 Å². The van der Waals surface area contributed by atoms with Crippen molar-refractivity contribution in [1.29, 1.82) is 0 Å². The van der Waals surface area contributed by atoms with Crippen LogP contribution in [0.4, 0.5) is 0 Å². The van der Waals surface area contributed by atoms with Crippen LogP contribution in [0.3, 0.4) is 0 Å². The summed E-state index contributed by atoms with van der Waals surface area (Å²) in [5.41, 5.74) is 0. The summed E-state index contributed by atoms with van der Waals surface area (Å²) in [7, 11) is 0. The molecule has 19 heavy (non-hydrogen) atoms. The molecule has 0 aliphatic rings. The normalized spacial score (nSPS) is 11.9. The van der Waals surface area contributed by atoms with Crippen molar-refractivity contribution < 1.29 is 9.53 Å². The van der Waals surface area contributed by atoms with Crippen LogP contribution in [-0.2, 0) is 4.79 Å². The number of hydrogen-bond acceptors (Lipinski definition) is 3. The standard InChI is InChI=1S/C14H14INO2S/c1-10(13-6-3-7-19-13)16-14(17)9-18-12-5-2-4-11(15)8-12/h2-8,10H,9H2,1H3,(H,16,17). The van der Waals surface area contributed by atoms with Crippen molar-refractivity contribution in [3.05, 3.63) is 50.2 Å². The topological polar surface area (TPSA) is 38.3 Å². The molecular formula is C14H14INO2S. The van der Waals surface area contributed by atoms with Crippen molar-refractivity contribution in [1.82, 2.24) is 5.32 Å². The van der Waals surface area contributed by atoms with Gasteiger partial charge in [0, 0.05) is 8.45 Å². The van der Waals surface area contributed by atoms with Gasteiger partial charge < -0.3 is 10.1 Å². The molecule has 0 bridgehead atoms. The summed E-state index contributed by atoms with van der Waals surface area (Å²) in [6.45, 7) is 2.00. The van der Waals surface area contributed by atoms with Gasteiger partial charge in [-0.3, -0.25) is 4.79 Å². The van der Waals surface area contributed by atoms with E-state index in [0.717, 1.165) is 8.45 Å². The molecule has 2 rings (SSSR count). The highest BCUT2D eigenvalue weighted by atomic mass is 127. The number of halogens is 1. The number of ether oxygens (including phenoxy) is 1. The van der Waals surface area contributed by atoms with Gasteiger partial charge in [0.15, 0.2) is 6.61 Å². The summed E-state index contributed by atoms with van der Waals surface area (Å²) in [6, 6.07) is 11.6. The Morgan fingerprint density at radius 3 is 2.95 bits per heavy atom. The maximum atomic E-state index is 11.8. The number of nitrogens with one attached hydrogen (secondary N) is 1. The van der Waals surface area contributed by atoms with Crippen molar-refractivity contribution in [2.75, 3.05) is 6.61 Å². The second-order valence-electron chi connectivity index (χ2n) is 4.05. The van der Waals surface area contributed by atoms with E-state index in [1.807, 2.05) is 48.7 Å². The van der Waals surface area contributed by atoms with Crippen LogP contribution in [0.5, 0.6) is 5.75 Å². The number of benzene rings is 1. The van der Waals surface area contributed by atoms with Gasteiger partial charge in [-0.1, -0.05) is 12.1 Å². The Labute approximate surface area is 130 Å². The maximum Gasteiger partial charge on any atom is 0.258 e. The second kappa shape index (κ2) is 6.91. The lowest BCUT2D eigenvalue weighted by Gasteiger charge is -2.12. The fourth-order valence-electron chi connectivity index (χ4n) is 1.60. The van der Waals surface area contributed by atoms with Crippen molar-refractivity contribution >= 4 is 39.8 Å². The van der Waals surface area contributed by atoms with Gasteiger partial charge in [0.1, 0.15) is 5.75 Å². The zero-order valence-corrected chi connectivity index (χ0v) is 13.4. The summed E-state index contributed by atoms with van der Waals surface area (Å²) in [5, 5.41) is 4.91. The highest BCUT2D eigenvalue weighted by molar-refractivity contribution is 14.1. The molecule has 1 N–H and O–H groups in total. The van der Waals surface area contributed by atoms with Crippen molar-refractivity contribution in [2.45, 2.75) is 13.0 Å². The highest BCUT2D eigenvalue weighted by Crippen LogP contribution is 2.18. The van der Waals surface area contributed by atoms with Gasteiger partial charge in [-0.05, 0) is 59.2 Å². The van der Waals surface area contributed by atoms with E-state index in [-0.39, 0.29) is 18.6 Å². The average molecular weight is 387 g/mol. The molecule has 3 nitrogen and oxygen atoms in total. The molecule has 1 heterocycles. The summed E-state index contributed by atoms with van der Waals surface area (Å²) in [4.78, 5) is 12.9. The molecular weight excluding hydrogens is 373 g/mol. The smallest absolute Gasteiger partial charge is 0.258 e. The van der Waals surface area contributed by atoms with Crippen LogP contribution in [0.15, 0.2) is 41.8 Å². The lowest BCUT2D eigenvalue weighted by Crippen LogP contribution is -2.30. The molecule has 0 spiro atoms. The zero-order valence-electron chi connectivity index (χ0n) is 10.4. The first-order valence-electron chi connectivity index (χ1n) is 5.86. The average Bonchev–Trinajstić information content (AvgIpc) is 2.90. The minimum Gasteiger partial charge on any atom is -0.484 e. The summed E-state index contributed by atoms with van der Waals surface area (Å²) in [6.07, 6.45) is 0. The molecule has 0 aliphatic carbocycles. The third-order valence-corrected chi connectivity index (χ3v) is 4.24. The fraction of sp³-hybridized carbons (Fsp3) is 0.214. The Bertz CT molecular complexity index is 542. The lowest BCUT2D eigenvalue weighted by molar-refractivity contribution is -0.123. The molecule has 0 aliphatic heterocycles. The van der Waals surface area contributed by atoms with E-state index in [1.54, 1.807) is 11.3 Å². The third kappa shape index (κ3) is 4.50. The van der Waals surface area contributed by atoms with Gasteiger partial charge in [-0.2, -0.15) is 0 Å². The Balaban J connectivity index is 1.82. The molecule has 1 atom stereocenters. The van der Waals surface area contributed by atoms with Crippen LogP contribution < -0.4 is 10.1 Å². The molecule has 0 saturated carbocycles. The molecule has 2 aromatic rings. The second-order valence-corrected chi connectivity index (χ2v) is 6.28. The predicted molar refractivity (Wildman–Crippen MR) is 85.5 cm³/mol. The SMILES string of the molecule is CC(NC(=O)COc1cccc(I)c1)c1cccs1. The van der Waals surface area contributed by atoms with E-state index in [2.05, 4.69) is 27.9 Å². The van der Waals surface area contributed by atoms with E-state index in [1.165, 1.54) is 0 Å². The van der Waals surface area contributed by atoms with Gasteiger partial charge in [-0.15, -0.1) is 11.3 Å². The fourth-order valence-corrected chi connectivity index (χ4v) is 2.85. The number of carbonyl (C=O) groups excluding carboxylic acids is 1. The van der Waals surface area contributed by atoms with Crippen molar-refractivity contribution in [2.24, 2.45) is 0 Å². The first-order valence-corrected chi connectivity index (χ1v) is 7.82. The Kier molecular flexibility index (Phi) is 5.21. The Morgan fingerprint density at radius 2 is 2.26 bits per heavy atom. The molecule has 0 radical (unpaired) electrons. The molecule has 1 amide bonds. The lowest BCUT2D eigenvalue weighted by atomic mass is 10.3. The van der Waals surface area contributed by atoms with Crippen LogP contribution in [0.1, 0.15) is 17.8 Å². The quantitative estimate of drug-likeness (QED) is 0.797. The maximum absolute atomic E-state index is 11.8. The first-order chi connectivity index (χ1) is 9.15. The molecule has 100 valence electrons. The molecule has 0 saturated heterocycles. The van der Waals surface area contributed by atoms with E-state index >= 15 is 0 Å². The summed E-state index contributed by atoms with van der Waals surface area (Å²) >= 11 is 3.84. The highest BCUT2D eigenvalue weighted by Gasteiger charge is 2.10. The van der Waals surface area contributed by atoms with Gasteiger partial charge in [0.25, 0.3) is 5.91 Å². The van der Waals surface area contributed by atoms with E-state index in [9.17, 15) is 4.79 Å². The predicted octanol–water partition coefficient (Wildman–Crippen LogP) is 3.61. The van der Waals surface area contributed by atoms with Crippen molar-refractivity contribution in [3.63, 3.8) is 0 Å². The molecule has 5 heteroatoms. The van der Waals surface area contributed by atoms with Crippen LogP contribution in [0, 0.1) is 3.57 Å². The van der Waals surface area contributed by atoms with Gasteiger partial charge in [0.05, 0.1) is 6.04 Å². The third-order valence-electron chi connectivity index (χ3n) is 2.51. The summed E-state index contributed by atoms with van der Waals surface area (Å²) < 4.78 is 6.54. The van der Waals surface area contributed by atoms with Crippen LogP contribution in [0.2, 0.25) is 0 Å². The van der Waals surface area contributed by atoms with Gasteiger partial charge in [0.2, 0.25) is 0 Å². The first kappa shape index (κ1) is 14.3. The summed E-state index contributed by atoms with van der Waals surface area (Å²) in [5.74, 6) is 0.602. The number of rotatable bonds is 5. The minimum absolute atomic E-state index is 0.0204. The molecule has 1 unspecified atom stereocenters. The van der Waals surface area contributed by atoms with Crippen LogP contribution in [-0.4, -0.2) is 12.5 Å². The Morgan fingerprint density at radius 1 is 1.42 bits per heavy atom. The number of amides is 1. The number of hydrogen-bond donors (Lipinski definition) is 1. The minimum atomic E-state index is -0.111. The molecule has 1 aromatic carbocycles. The largest absolute Gasteiger partial charge is 0.484 e. The number of carbonyl (C=O) groups is 1. The van der Waals surface area contributed by atoms with Crippen molar-refractivity contribution in [3.8, 4) is 5.75 Å². The molecule has 0 fully saturated rings. The van der Waals surface area contributed by atoms with Gasteiger partial charge in [-0.25, -0.2) is 0 Å². The van der Waals surface area contributed by atoms with E-state index < -0.39 is 0 Å². The number of thiophene rings is 1. The van der Waals surface area contributed by atoms with Gasteiger partial charge >= 0.3 is 0 Å². The van der Waals surface area contributed by atoms with Crippen LogP contribution >= 0.6 is 33.9 Å².